The van der Waals surface area contributed by atoms with Gasteiger partial charge in [0.15, 0.2) is 0 Å². The molecule has 0 aliphatic heterocycles. The fourth-order valence-electron chi connectivity index (χ4n) is 3.78. The first-order valence-corrected chi connectivity index (χ1v) is 5.96. The van der Waals surface area contributed by atoms with Crippen molar-refractivity contribution in [1.29, 1.82) is 0 Å². The zero-order valence-corrected chi connectivity index (χ0v) is 10.2. The Kier molecular flexibility index (Phi) is 2.82. The van der Waals surface area contributed by atoms with Crippen LogP contribution in [0, 0.1) is 17.8 Å². The number of hydroxylamine groups is 2. The van der Waals surface area contributed by atoms with E-state index in [0.29, 0.717) is 23.8 Å². The van der Waals surface area contributed by atoms with Gasteiger partial charge in [0, 0.05) is 19.0 Å². The average Bonchev–Trinajstić information content (AvgIpc) is 2.18. The lowest BCUT2D eigenvalue weighted by Gasteiger charge is -2.59. The van der Waals surface area contributed by atoms with Crippen LogP contribution < -0.4 is 0 Å². The van der Waals surface area contributed by atoms with E-state index in [2.05, 4.69) is 6.92 Å². The molecule has 2 unspecified atom stereocenters. The molecule has 2 rings (SSSR count). The van der Waals surface area contributed by atoms with Crippen LogP contribution in [-0.4, -0.2) is 36.0 Å². The second-order valence-electron chi connectivity index (χ2n) is 5.62. The fourth-order valence-corrected chi connectivity index (χ4v) is 3.78. The molecule has 0 amide bonds. The maximum absolute atomic E-state index is 10.3. The smallest absolute Gasteiger partial charge is 0.0669 e. The van der Waals surface area contributed by atoms with Crippen LogP contribution in [0.1, 0.15) is 33.1 Å². The average molecular weight is 213 g/mol. The van der Waals surface area contributed by atoms with Crippen molar-refractivity contribution in [2.75, 3.05) is 14.2 Å². The summed E-state index contributed by atoms with van der Waals surface area (Å²) in [6, 6.07) is 0.373. The van der Waals surface area contributed by atoms with Crippen molar-refractivity contribution in [3.63, 3.8) is 0 Å². The molecule has 2 aliphatic carbocycles. The van der Waals surface area contributed by atoms with Crippen LogP contribution in [0.4, 0.5) is 0 Å². The Morgan fingerprint density at radius 3 is 2.60 bits per heavy atom. The normalized spacial score (nSPS) is 50.0. The largest absolute Gasteiger partial charge is 0.390 e. The monoisotopic (exact) mass is 213 g/mol. The third kappa shape index (κ3) is 1.71. The van der Waals surface area contributed by atoms with Gasteiger partial charge in [0.25, 0.3) is 0 Å². The van der Waals surface area contributed by atoms with Gasteiger partial charge in [0.1, 0.15) is 0 Å². The Hall–Kier alpha value is -0.120. The van der Waals surface area contributed by atoms with E-state index in [-0.39, 0.29) is 0 Å². The zero-order chi connectivity index (χ0) is 11.2. The highest BCUT2D eigenvalue weighted by molar-refractivity contribution is 5.07. The molecular formula is C12H23NO2. The van der Waals surface area contributed by atoms with Gasteiger partial charge < -0.3 is 9.94 Å². The molecular weight excluding hydrogens is 190 g/mol. The summed E-state index contributed by atoms with van der Waals surface area (Å²) in [5.74, 6) is 1.72. The standard InChI is InChI=1S/C12H23NO2/c1-8-5-6-9-7-12(2,14)10(9)11(8)13(3)15-4/h8-11,14H,5-7H2,1-4H3/t8-,9-,10?,11?,12+/m1/s1. The first-order valence-electron chi connectivity index (χ1n) is 5.96. The quantitative estimate of drug-likeness (QED) is 0.708. The van der Waals surface area contributed by atoms with Crippen molar-refractivity contribution < 1.29 is 9.94 Å². The van der Waals surface area contributed by atoms with Gasteiger partial charge in [-0.25, -0.2) is 0 Å². The molecule has 0 aromatic carbocycles. The molecule has 2 saturated carbocycles. The Morgan fingerprint density at radius 1 is 1.40 bits per heavy atom. The maximum Gasteiger partial charge on any atom is 0.0669 e. The van der Waals surface area contributed by atoms with E-state index in [1.165, 1.54) is 12.8 Å². The van der Waals surface area contributed by atoms with Crippen LogP contribution in [-0.2, 0) is 4.84 Å². The van der Waals surface area contributed by atoms with Gasteiger partial charge >= 0.3 is 0 Å². The molecule has 0 spiro atoms. The molecule has 1 N–H and O–H groups in total. The summed E-state index contributed by atoms with van der Waals surface area (Å²) in [5.41, 5.74) is -0.475. The summed E-state index contributed by atoms with van der Waals surface area (Å²) in [7, 11) is 3.70. The molecule has 2 aliphatic rings. The van der Waals surface area contributed by atoms with Gasteiger partial charge in [-0.2, -0.15) is 5.06 Å². The van der Waals surface area contributed by atoms with E-state index in [0.717, 1.165) is 6.42 Å². The third-order valence-corrected chi connectivity index (χ3v) is 4.55. The van der Waals surface area contributed by atoms with Crippen LogP contribution in [0.2, 0.25) is 0 Å². The van der Waals surface area contributed by atoms with Crippen molar-refractivity contribution in [2.24, 2.45) is 17.8 Å². The first-order chi connectivity index (χ1) is 6.97. The Balaban J connectivity index is 2.16. The van der Waals surface area contributed by atoms with Gasteiger partial charge in [-0.3, -0.25) is 0 Å². The van der Waals surface area contributed by atoms with E-state index < -0.39 is 5.60 Å². The van der Waals surface area contributed by atoms with E-state index in [4.69, 9.17) is 4.84 Å². The highest BCUT2D eigenvalue weighted by atomic mass is 16.7. The van der Waals surface area contributed by atoms with Gasteiger partial charge in [0.05, 0.1) is 12.7 Å². The minimum atomic E-state index is -0.475. The highest BCUT2D eigenvalue weighted by Gasteiger charge is 2.57. The Labute approximate surface area is 92.4 Å². The molecule has 0 bridgehead atoms. The summed E-state index contributed by atoms with van der Waals surface area (Å²) in [4.78, 5) is 5.33. The van der Waals surface area contributed by atoms with E-state index in [1.54, 1.807) is 7.11 Å². The number of rotatable bonds is 2. The number of fused-ring (bicyclic) bond motifs is 1. The lowest BCUT2D eigenvalue weighted by molar-refractivity contribution is -0.245. The molecule has 0 heterocycles. The lowest BCUT2D eigenvalue weighted by Crippen LogP contribution is -2.64. The van der Waals surface area contributed by atoms with Gasteiger partial charge in [-0.05, 0) is 38.0 Å². The maximum atomic E-state index is 10.3. The molecule has 0 saturated heterocycles. The van der Waals surface area contributed by atoms with Crippen molar-refractivity contribution in [3.8, 4) is 0 Å². The van der Waals surface area contributed by atoms with Gasteiger partial charge in [-0.15, -0.1) is 0 Å². The van der Waals surface area contributed by atoms with Crippen molar-refractivity contribution in [3.05, 3.63) is 0 Å². The highest BCUT2D eigenvalue weighted by Crippen LogP contribution is 2.54. The molecule has 15 heavy (non-hydrogen) atoms. The SMILES string of the molecule is CON(C)C1C2[C@H](CC[C@H]1C)C[C@]2(C)O. The number of nitrogens with zero attached hydrogens (tertiary/aromatic N) is 1. The lowest BCUT2D eigenvalue weighted by atomic mass is 9.52. The summed E-state index contributed by atoms with van der Waals surface area (Å²) in [6.45, 7) is 4.24. The zero-order valence-electron chi connectivity index (χ0n) is 10.2. The molecule has 88 valence electrons. The van der Waals surface area contributed by atoms with Crippen molar-refractivity contribution in [1.82, 2.24) is 5.06 Å². The second kappa shape index (κ2) is 3.72. The van der Waals surface area contributed by atoms with Crippen LogP contribution in [0.5, 0.6) is 0 Å². The van der Waals surface area contributed by atoms with Crippen LogP contribution in [0.25, 0.3) is 0 Å². The van der Waals surface area contributed by atoms with Crippen LogP contribution in [0.15, 0.2) is 0 Å². The molecule has 0 radical (unpaired) electrons. The summed E-state index contributed by atoms with van der Waals surface area (Å²) in [5, 5.41) is 12.2. The summed E-state index contributed by atoms with van der Waals surface area (Å²) in [6.07, 6.45) is 3.50. The topological polar surface area (TPSA) is 32.7 Å². The van der Waals surface area contributed by atoms with Crippen molar-refractivity contribution in [2.45, 2.75) is 44.8 Å². The molecule has 3 nitrogen and oxygen atoms in total. The van der Waals surface area contributed by atoms with Crippen LogP contribution in [0.3, 0.4) is 0 Å². The summed E-state index contributed by atoms with van der Waals surface area (Å²) >= 11 is 0. The molecule has 0 aromatic rings. The van der Waals surface area contributed by atoms with Crippen molar-refractivity contribution >= 4 is 0 Å². The van der Waals surface area contributed by atoms with E-state index in [1.807, 2.05) is 19.0 Å². The number of hydrogen-bond acceptors (Lipinski definition) is 3. The predicted molar refractivity (Wildman–Crippen MR) is 59.2 cm³/mol. The van der Waals surface area contributed by atoms with E-state index in [9.17, 15) is 5.11 Å². The van der Waals surface area contributed by atoms with Gasteiger partial charge in [0.2, 0.25) is 0 Å². The Bertz CT molecular complexity index is 238. The molecule has 5 atom stereocenters. The molecule has 3 heteroatoms. The number of aliphatic hydroxyl groups is 1. The Morgan fingerprint density at radius 2 is 2.07 bits per heavy atom. The fraction of sp³-hybridized carbons (Fsp3) is 1.00. The second-order valence-corrected chi connectivity index (χ2v) is 5.62. The third-order valence-electron chi connectivity index (χ3n) is 4.55. The first kappa shape index (κ1) is 11.4. The molecule has 2 fully saturated rings. The predicted octanol–water partition coefficient (Wildman–Crippen LogP) is 1.67. The van der Waals surface area contributed by atoms with Gasteiger partial charge in [-0.1, -0.05) is 6.92 Å². The number of hydrogen-bond donors (Lipinski definition) is 1. The molecule has 0 aromatic heterocycles. The van der Waals surface area contributed by atoms with Crippen LogP contribution >= 0.6 is 0 Å². The minimum Gasteiger partial charge on any atom is -0.390 e. The van der Waals surface area contributed by atoms with E-state index >= 15 is 0 Å². The summed E-state index contributed by atoms with van der Waals surface area (Å²) < 4.78 is 0. The minimum absolute atomic E-state index is 0.373.